The Labute approximate surface area is 127 Å². The van der Waals surface area contributed by atoms with Crippen LogP contribution in [0.15, 0.2) is 73.0 Å². The molecule has 0 aliphatic rings. The molecule has 0 amide bonds. The largest absolute Gasteiger partial charge is 0.478 e. The summed E-state index contributed by atoms with van der Waals surface area (Å²) in [4.78, 5) is 10.4. The summed E-state index contributed by atoms with van der Waals surface area (Å²) in [6.45, 7) is 0. The minimum atomic E-state index is -0.960. The van der Waals surface area contributed by atoms with Crippen LogP contribution in [0.1, 0.15) is 5.56 Å². The maximum absolute atomic E-state index is 10.4. The van der Waals surface area contributed by atoms with E-state index in [1.165, 1.54) is 6.08 Å². The lowest BCUT2D eigenvalue weighted by Crippen LogP contribution is -1.88. The molecule has 0 bridgehead atoms. The van der Waals surface area contributed by atoms with Crippen LogP contribution in [0.25, 0.3) is 22.9 Å². The smallest absolute Gasteiger partial charge is 0.328 e. The average molecular weight is 290 g/mol. The van der Waals surface area contributed by atoms with Gasteiger partial charge in [-0.25, -0.2) is 9.31 Å². The minimum Gasteiger partial charge on any atom is -0.478 e. The summed E-state index contributed by atoms with van der Waals surface area (Å²) in [6, 6.07) is 15.9. The molecule has 0 aliphatic carbocycles. The van der Waals surface area contributed by atoms with E-state index in [1.54, 1.807) is 6.08 Å². The Balaban J connectivity index is 1.99. The van der Waals surface area contributed by atoms with Crippen LogP contribution in [0.5, 0.6) is 0 Å². The van der Waals surface area contributed by atoms with Crippen molar-refractivity contribution in [1.29, 1.82) is 0 Å². The number of aromatic nitrogens is 2. The Bertz CT molecular complexity index is 861. The van der Waals surface area contributed by atoms with Crippen LogP contribution < -0.4 is 0 Å². The van der Waals surface area contributed by atoms with Gasteiger partial charge in [-0.3, -0.25) is 0 Å². The number of fused-ring (bicyclic) bond motifs is 1. The molecule has 0 spiro atoms. The second-order valence-electron chi connectivity index (χ2n) is 4.75. The summed E-state index contributed by atoms with van der Waals surface area (Å²) in [7, 11) is 0. The number of aliphatic carboxylic acids is 1. The molecule has 0 fully saturated rings. The molecule has 1 N–H and O–H groups in total. The number of rotatable bonds is 4. The van der Waals surface area contributed by atoms with Gasteiger partial charge in [0.15, 0.2) is 0 Å². The van der Waals surface area contributed by atoms with Crippen LogP contribution in [-0.4, -0.2) is 20.7 Å². The standard InChI is InChI=1S/C18H14N2O2/c21-18(22)11-5-4-9-15-10-6-12-20-17(15)13-16(19-20)14-7-2-1-3-8-14/h1-13H,(H,21,22)/b9-4+,11-5+. The van der Waals surface area contributed by atoms with Gasteiger partial charge in [-0.15, -0.1) is 0 Å². The number of carbonyl (C=O) groups is 1. The number of pyridine rings is 1. The molecule has 0 saturated heterocycles. The predicted octanol–water partition coefficient (Wildman–Crippen LogP) is 3.66. The molecule has 3 aromatic rings. The zero-order valence-electron chi connectivity index (χ0n) is 11.8. The molecule has 4 nitrogen and oxygen atoms in total. The van der Waals surface area contributed by atoms with Gasteiger partial charge in [0.2, 0.25) is 0 Å². The van der Waals surface area contributed by atoms with E-state index in [-0.39, 0.29) is 0 Å². The maximum Gasteiger partial charge on any atom is 0.328 e. The molecule has 2 heterocycles. The molecule has 3 rings (SSSR count). The number of nitrogens with zero attached hydrogens (tertiary/aromatic N) is 2. The minimum absolute atomic E-state index is 0.905. The van der Waals surface area contributed by atoms with E-state index in [0.29, 0.717) is 0 Å². The summed E-state index contributed by atoms with van der Waals surface area (Å²) in [6.07, 6.45) is 8.07. The first-order chi connectivity index (χ1) is 10.7. The number of allylic oxidation sites excluding steroid dienone is 2. The van der Waals surface area contributed by atoms with E-state index in [9.17, 15) is 4.79 Å². The Morgan fingerprint density at radius 1 is 1.09 bits per heavy atom. The summed E-state index contributed by atoms with van der Waals surface area (Å²) >= 11 is 0. The molecular formula is C18H14N2O2. The van der Waals surface area contributed by atoms with E-state index < -0.39 is 5.97 Å². The Morgan fingerprint density at radius 3 is 2.68 bits per heavy atom. The molecule has 1 aromatic carbocycles. The SMILES string of the molecule is O=C(O)/C=C/C=C/c1cccn2nc(-c3ccccc3)cc12. The molecule has 22 heavy (non-hydrogen) atoms. The van der Waals surface area contributed by atoms with Gasteiger partial charge in [0, 0.05) is 23.4 Å². The average Bonchev–Trinajstić information content (AvgIpc) is 2.97. The highest BCUT2D eigenvalue weighted by atomic mass is 16.4. The lowest BCUT2D eigenvalue weighted by molar-refractivity contribution is -0.131. The van der Waals surface area contributed by atoms with E-state index in [0.717, 1.165) is 28.4 Å². The van der Waals surface area contributed by atoms with Crippen molar-refractivity contribution in [1.82, 2.24) is 9.61 Å². The van der Waals surface area contributed by atoms with Gasteiger partial charge in [-0.1, -0.05) is 54.6 Å². The normalized spacial score (nSPS) is 11.6. The first-order valence-corrected chi connectivity index (χ1v) is 6.85. The Kier molecular flexibility index (Phi) is 3.83. The molecule has 0 saturated carbocycles. The van der Waals surface area contributed by atoms with Crippen molar-refractivity contribution in [3.63, 3.8) is 0 Å². The summed E-state index contributed by atoms with van der Waals surface area (Å²) in [5.74, 6) is -0.960. The van der Waals surface area contributed by atoms with Gasteiger partial charge in [0.05, 0.1) is 11.2 Å². The topological polar surface area (TPSA) is 54.6 Å². The van der Waals surface area contributed by atoms with Gasteiger partial charge >= 0.3 is 5.97 Å². The van der Waals surface area contributed by atoms with Crippen molar-refractivity contribution in [3.8, 4) is 11.3 Å². The van der Waals surface area contributed by atoms with Crippen LogP contribution in [0, 0.1) is 0 Å². The third-order valence-electron chi connectivity index (χ3n) is 3.23. The van der Waals surface area contributed by atoms with Crippen molar-refractivity contribution in [2.75, 3.05) is 0 Å². The van der Waals surface area contributed by atoms with Crippen molar-refractivity contribution >= 4 is 17.6 Å². The fourth-order valence-corrected chi connectivity index (χ4v) is 2.23. The molecule has 0 aliphatic heterocycles. The molecule has 4 heteroatoms. The van der Waals surface area contributed by atoms with Gasteiger partial charge < -0.3 is 5.11 Å². The van der Waals surface area contributed by atoms with Crippen LogP contribution in [0.3, 0.4) is 0 Å². The monoisotopic (exact) mass is 290 g/mol. The molecule has 2 aromatic heterocycles. The van der Waals surface area contributed by atoms with Crippen LogP contribution in [0.4, 0.5) is 0 Å². The van der Waals surface area contributed by atoms with Crippen LogP contribution in [-0.2, 0) is 4.79 Å². The second-order valence-corrected chi connectivity index (χ2v) is 4.75. The van der Waals surface area contributed by atoms with Crippen LogP contribution in [0.2, 0.25) is 0 Å². The highest BCUT2D eigenvalue weighted by Gasteiger charge is 2.05. The fraction of sp³-hybridized carbons (Fsp3) is 0. The molecule has 108 valence electrons. The molecule has 0 atom stereocenters. The third kappa shape index (κ3) is 2.96. The van der Waals surface area contributed by atoms with Gasteiger partial charge in [-0.05, 0) is 12.1 Å². The highest BCUT2D eigenvalue weighted by Crippen LogP contribution is 2.22. The van der Waals surface area contributed by atoms with Crippen molar-refractivity contribution < 1.29 is 9.90 Å². The number of carboxylic acid groups (broad SMARTS) is 1. The highest BCUT2D eigenvalue weighted by molar-refractivity contribution is 5.81. The number of hydrogen-bond donors (Lipinski definition) is 1. The maximum atomic E-state index is 10.4. The van der Waals surface area contributed by atoms with Crippen molar-refractivity contribution in [2.45, 2.75) is 0 Å². The summed E-state index contributed by atoms with van der Waals surface area (Å²) in [5, 5.41) is 13.1. The summed E-state index contributed by atoms with van der Waals surface area (Å²) < 4.78 is 1.82. The van der Waals surface area contributed by atoms with Crippen LogP contribution >= 0.6 is 0 Å². The van der Waals surface area contributed by atoms with E-state index in [4.69, 9.17) is 5.11 Å². The zero-order valence-corrected chi connectivity index (χ0v) is 11.8. The second kappa shape index (κ2) is 6.10. The van der Waals surface area contributed by atoms with Gasteiger partial charge in [-0.2, -0.15) is 5.10 Å². The number of carboxylic acids is 1. The Hall–Kier alpha value is -3.14. The van der Waals surface area contributed by atoms with E-state index in [1.807, 2.05) is 65.3 Å². The summed E-state index contributed by atoms with van der Waals surface area (Å²) in [5.41, 5.74) is 3.92. The Morgan fingerprint density at radius 2 is 1.91 bits per heavy atom. The first kappa shape index (κ1) is 13.8. The van der Waals surface area contributed by atoms with Crippen molar-refractivity contribution in [2.24, 2.45) is 0 Å². The molecule has 0 unspecified atom stereocenters. The fourth-order valence-electron chi connectivity index (χ4n) is 2.23. The van der Waals surface area contributed by atoms with Gasteiger partial charge in [0.25, 0.3) is 0 Å². The van der Waals surface area contributed by atoms with E-state index in [2.05, 4.69) is 5.10 Å². The van der Waals surface area contributed by atoms with Gasteiger partial charge in [0.1, 0.15) is 0 Å². The third-order valence-corrected chi connectivity index (χ3v) is 3.23. The first-order valence-electron chi connectivity index (χ1n) is 6.85. The lowest BCUT2D eigenvalue weighted by atomic mass is 10.1. The van der Waals surface area contributed by atoms with E-state index >= 15 is 0 Å². The molecule has 0 radical (unpaired) electrons. The number of benzene rings is 1. The predicted molar refractivity (Wildman–Crippen MR) is 86.4 cm³/mol. The lowest BCUT2D eigenvalue weighted by Gasteiger charge is -1.96. The number of hydrogen-bond acceptors (Lipinski definition) is 2. The van der Waals surface area contributed by atoms with Crippen molar-refractivity contribution in [3.05, 3.63) is 78.5 Å². The molecular weight excluding hydrogens is 276 g/mol. The quantitative estimate of drug-likeness (QED) is 0.589. The zero-order chi connectivity index (χ0) is 15.4.